The van der Waals surface area contributed by atoms with Gasteiger partial charge in [0.15, 0.2) is 6.10 Å². The molecule has 2 unspecified atom stereocenters. The second-order valence-electron chi connectivity index (χ2n) is 20.3. The molecule has 0 aromatic heterocycles. The summed E-state index contributed by atoms with van der Waals surface area (Å²) < 4.78 is 34.6. The third-order valence-electron chi connectivity index (χ3n) is 12.1. The van der Waals surface area contributed by atoms with Crippen LogP contribution in [-0.2, 0) is 32.7 Å². The van der Waals surface area contributed by atoms with Crippen LogP contribution < -0.4 is 0 Å². The SMILES string of the molecule is CC/C=C\C/C=C\C/C=C\C/C=C\C/C=C\CCCCCCCCCC(=O)OC(COC(=O)CCCCCCCCCCCC/C=C\C/C=C\C/C=C\CCCCCCC)COP(=O)(O)OCC[N+](C)(C)C. The van der Waals surface area contributed by atoms with Crippen LogP contribution in [0.5, 0.6) is 0 Å². The van der Waals surface area contributed by atoms with E-state index in [2.05, 4.69) is 111 Å². The number of carbonyl (C=O) groups excluding carboxylic acids is 2. The van der Waals surface area contributed by atoms with Crippen LogP contribution in [0.15, 0.2) is 97.2 Å². The largest absolute Gasteiger partial charge is 0.472 e. The number of phosphoric ester groups is 1. The number of hydrogen-bond acceptors (Lipinski definition) is 7. The van der Waals surface area contributed by atoms with Gasteiger partial charge in [-0.3, -0.25) is 18.6 Å². The molecule has 0 aromatic rings. The molecule has 414 valence electrons. The van der Waals surface area contributed by atoms with Crippen molar-refractivity contribution in [2.24, 2.45) is 0 Å². The van der Waals surface area contributed by atoms with E-state index in [1.807, 2.05) is 21.1 Å². The molecule has 0 radical (unpaired) electrons. The minimum absolute atomic E-state index is 0.0237. The van der Waals surface area contributed by atoms with Crippen molar-refractivity contribution in [1.29, 1.82) is 0 Å². The average Bonchev–Trinajstić information content (AvgIpc) is 3.34. The Kier molecular flexibility index (Phi) is 50.5. The number of carbonyl (C=O) groups is 2. The maximum atomic E-state index is 12.8. The van der Waals surface area contributed by atoms with Gasteiger partial charge in [0.2, 0.25) is 0 Å². The van der Waals surface area contributed by atoms with E-state index in [0.29, 0.717) is 17.4 Å². The minimum Gasteiger partial charge on any atom is -0.462 e. The van der Waals surface area contributed by atoms with Crippen molar-refractivity contribution in [1.82, 2.24) is 0 Å². The van der Waals surface area contributed by atoms with Crippen molar-refractivity contribution in [3.63, 3.8) is 0 Å². The third-order valence-corrected chi connectivity index (χ3v) is 13.1. The Morgan fingerprint density at radius 1 is 0.444 bits per heavy atom. The summed E-state index contributed by atoms with van der Waals surface area (Å²) in [7, 11) is 1.46. The van der Waals surface area contributed by atoms with E-state index in [1.54, 1.807) is 0 Å². The van der Waals surface area contributed by atoms with Gasteiger partial charge in [-0.25, -0.2) is 4.57 Å². The first-order chi connectivity index (χ1) is 35.0. The minimum atomic E-state index is -4.40. The van der Waals surface area contributed by atoms with Gasteiger partial charge >= 0.3 is 19.8 Å². The molecule has 0 aliphatic carbocycles. The quantitative estimate of drug-likeness (QED) is 0.0211. The zero-order valence-corrected chi connectivity index (χ0v) is 47.8. The second kappa shape index (κ2) is 52.8. The van der Waals surface area contributed by atoms with Crippen molar-refractivity contribution < 1.29 is 42.1 Å². The van der Waals surface area contributed by atoms with E-state index in [4.69, 9.17) is 18.5 Å². The van der Waals surface area contributed by atoms with Crippen LogP contribution in [-0.4, -0.2) is 74.9 Å². The molecule has 0 amide bonds. The smallest absolute Gasteiger partial charge is 0.462 e. The van der Waals surface area contributed by atoms with Gasteiger partial charge in [0.1, 0.15) is 19.8 Å². The summed E-state index contributed by atoms with van der Waals surface area (Å²) in [5.41, 5.74) is 0. The fourth-order valence-electron chi connectivity index (χ4n) is 7.64. The van der Waals surface area contributed by atoms with Gasteiger partial charge in [0.25, 0.3) is 0 Å². The van der Waals surface area contributed by atoms with Gasteiger partial charge in [-0.05, 0) is 96.3 Å². The maximum absolute atomic E-state index is 12.8. The van der Waals surface area contributed by atoms with Gasteiger partial charge in [0, 0.05) is 12.8 Å². The molecule has 0 saturated carbocycles. The summed E-state index contributed by atoms with van der Waals surface area (Å²) in [4.78, 5) is 35.7. The normalized spacial score (nSPS) is 14.0. The molecule has 0 bridgehead atoms. The number of allylic oxidation sites excluding steroid dienone is 16. The Morgan fingerprint density at radius 2 is 0.792 bits per heavy atom. The van der Waals surface area contributed by atoms with Gasteiger partial charge in [-0.15, -0.1) is 0 Å². The third kappa shape index (κ3) is 56.2. The Labute approximate surface area is 443 Å². The molecule has 10 heteroatoms. The summed E-state index contributed by atoms with van der Waals surface area (Å²) in [6.07, 6.45) is 71.8. The summed E-state index contributed by atoms with van der Waals surface area (Å²) in [6, 6.07) is 0. The number of esters is 2. The fourth-order valence-corrected chi connectivity index (χ4v) is 8.38. The van der Waals surface area contributed by atoms with E-state index in [1.165, 1.54) is 109 Å². The van der Waals surface area contributed by atoms with E-state index >= 15 is 0 Å². The van der Waals surface area contributed by atoms with Crippen molar-refractivity contribution >= 4 is 19.8 Å². The number of nitrogens with zero attached hydrogens (tertiary/aromatic N) is 1. The van der Waals surface area contributed by atoms with Gasteiger partial charge in [-0.1, -0.05) is 220 Å². The van der Waals surface area contributed by atoms with Gasteiger partial charge < -0.3 is 18.9 Å². The highest BCUT2D eigenvalue weighted by Gasteiger charge is 2.27. The number of hydrogen-bond donors (Lipinski definition) is 1. The highest BCUT2D eigenvalue weighted by molar-refractivity contribution is 7.47. The number of likely N-dealkylation sites (N-methyl/N-ethyl adjacent to an activating group) is 1. The Hall–Kier alpha value is -3.07. The van der Waals surface area contributed by atoms with Crippen molar-refractivity contribution in [3.05, 3.63) is 97.2 Å². The maximum Gasteiger partial charge on any atom is 0.472 e. The number of rotatable bonds is 52. The number of phosphoric acid groups is 1. The van der Waals surface area contributed by atoms with Crippen LogP contribution in [0, 0.1) is 0 Å². The van der Waals surface area contributed by atoms with Crippen LogP contribution in [0.4, 0.5) is 0 Å². The highest BCUT2D eigenvalue weighted by Crippen LogP contribution is 2.43. The van der Waals surface area contributed by atoms with Gasteiger partial charge in [0.05, 0.1) is 27.7 Å². The van der Waals surface area contributed by atoms with Crippen LogP contribution in [0.25, 0.3) is 0 Å². The lowest BCUT2D eigenvalue weighted by Gasteiger charge is -2.24. The Morgan fingerprint density at radius 3 is 1.18 bits per heavy atom. The fraction of sp³-hybridized carbons (Fsp3) is 0.710. The Bertz CT molecular complexity index is 1540. The summed E-state index contributed by atoms with van der Waals surface area (Å²) in [5, 5.41) is 0. The van der Waals surface area contributed by atoms with E-state index in [9.17, 15) is 19.0 Å². The topological polar surface area (TPSA) is 108 Å². The lowest BCUT2D eigenvalue weighted by molar-refractivity contribution is -0.870. The number of unbranched alkanes of at least 4 members (excludes halogenated alkanes) is 22. The first-order valence-corrected chi connectivity index (χ1v) is 30.5. The molecule has 9 nitrogen and oxygen atoms in total. The van der Waals surface area contributed by atoms with Crippen LogP contribution in [0.1, 0.15) is 232 Å². The van der Waals surface area contributed by atoms with E-state index < -0.39 is 26.5 Å². The number of quaternary nitrogens is 1. The first-order valence-electron chi connectivity index (χ1n) is 29.0. The molecular formula is C62H109NO8P+. The zero-order chi connectivity index (χ0) is 52.7. The summed E-state index contributed by atoms with van der Waals surface area (Å²) >= 11 is 0. The average molecular weight is 1030 g/mol. The molecule has 72 heavy (non-hydrogen) atoms. The highest BCUT2D eigenvalue weighted by atomic mass is 31.2. The zero-order valence-electron chi connectivity index (χ0n) is 46.9. The number of ether oxygens (including phenoxy) is 2. The lowest BCUT2D eigenvalue weighted by Crippen LogP contribution is -2.37. The summed E-state index contributed by atoms with van der Waals surface area (Å²) in [6.45, 7) is 4.29. The second-order valence-corrected chi connectivity index (χ2v) is 21.7. The molecule has 0 aliphatic rings. The molecule has 2 atom stereocenters. The van der Waals surface area contributed by atoms with Crippen LogP contribution in [0.3, 0.4) is 0 Å². The van der Waals surface area contributed by atoms with Crippen molar-refractivity contribution in [3.8, 4) is 0 Å². The molecule has 0 rings (SSSR count). The van der Waals surface area contributed by atoms with Crippen molar-refractivity contribution in [2.45, 2.75) is 238 Å². The molecule has 0 saturated heterocycles. The predicted octanol–water partition coefficient (Wildman–Crippen LogP) is 18.0. The first kappa shape index (κ1) is 68.9. The molecule has 0 aliphatic heterocycles. The van der Waals surface area contributed by atoms with E-state index in [-0.39, 0.29) is 32.0 Å². The van der Waals surface area contributed by atoms with Crippen molar-refractivity contribution in [2.75, 3.05) is 47.5 Å². The Balaban J connectivity index is 4.23. The molecule has 0 fully saturated rings. The van der Waals surface area contributed by atoms with Crippen LogP contribution >= 0.6 is 7.82 Å². The molecule has 1 N–H and O–H groups in total. The predicted molar refractivity (Wildman–Crippen MR) is 307 cm³/mol. The molecule has 0 aromatic carbocycles. The van der Waals surface area contributed by atoms with Crippen LogP contribution in [0.2, 0.25) is 0 Å². The summed E-state index contributed by atoms with van der Waals surface area (Å²) in [5.74, 6) is -0.817. The lowest BCUT2D eigenvalue weighted by atomic mass is 10.1. The molecule has 0 spiro atoms. The van der Waals surface area contributed by atoms with Gasteiger partial charge in [-0.2, -0.15) is 0 Å². The standard InChI is InChI=1S/C62H108NO8P/c1-6-8-10-12-14-16-18-20-22-24-26-28-30-31-33-34-36-38-40-42-44-46-48-50-52-54-61(64)68-58-60(59-70-72(66,67)69-57-56-63(3,4)5)71-62(65)55-53-51-49-47-45-43-41-39-37-35-32-29-27-25-23-21-19-17-15-13-11-9-7-2/h9,11,15,17-18,20-21,23-24,26-27,29-31,35,37,60H,6-8,10,12-14,16,19,22,25,28,32-34,36,38-59H2,1-5H3/p+1/b11-9-,17-15-,20-18-,23-21-,26-24-,29-27-,31-30-,37-35-. The van der Waals surface area contributed by atoms with E-state index in [0.717, 1.165) is 89.9 Å². The monoisotopic (exact) mass is 1030 g/mol. The molecular weight excluding hydrogens is 918 g/mol. The molecule has 0 heterocycles.